The second-order valence-corrected chi connectivity index (χ2v) is 3.48. The Morgan fingerprint density at radius 3 is 2.11 bits per heavy atom. The Morgan fingerprint density at radius 1 is 0.944 bits per heavy atom. The average Bonchev–Trinajstić information content (AvgIpc) is 2.38. The number of azo groups is 1. The van der Waals surface area contributed by atoms with Crippen molar-refractivity contribution in [3.8, 4) is 5.75 Å². The fourth-order valence-electron chi connectivity index (χ4n) is 1.36. The highest BCUT2D eigenvalue weighted by Crippen LogP contribution is 2.28. The van der Waals surface area contributed by atoms with E-state index >= 15 is 0 Å². The van der Waals surface area contributed by atoms with E-state index in [-0.39, 0.29) is 5.75 Å². The molecule has 0 saturated heterocycles. The van der Waals surface area contributed by atoms with Crippen molar-refractivity contribution in [2.75, 3.05) is 7.11 Å². The molecule has 0 aliphatic heterocycles. The molecule has 0 spiro atoms. The van der Waals surface area contributed by atoms with Crippen molar-refractivity contribution in [3.05, 3.63) is 54.1 Å². The van der Waals surface area contributed by atoms with Gasteiger partial charge in [0.25, 0.3) is 0 Å². The highest BCUT2D eigenvalue weighted by Gasteiger charge is 2.11. The van der Waals surface area contributed by atoms with Gasteiger partial charge in [-0.25, -0.2) is 8.78 Å². The van der Waals surface area contributed by atoms with E-state index in [4.69, 9.17) is 4.74 Å². The third kappa shape index (κ3) is 2.68. The third-order valence-corrected chi connectivity index (χ3v) is 2.25. The van der Waals surface area contributed by atoms with Gasteiger partial charge in [-0.1, -0.05) is 18.2 Å². The second kappa shape index (κ2) is 5.35. The third-order valence-electron chi connectivity index (χ3n) is 2.25. The van der Waals surface area contributed by atoms with Crippen molar-refractivity contribution in [2.45, 2.75) is 0 Å². The normalized spacial score (nSPS) is 10.8. The van der Waals surface area contributed by atoms with Gasteiger partial charge in [-0.3, -0.25) is 0 Å². The standard InChI is InChI=1S/C13H10F2N2O/c1-18-10-7-11(14)13(12(15)8-10)17-16-9-5-3-2-4-6-9/h2-8H,1H3. The molecule has 3 nitrogen and oxygen atoms in total. The first-order chi connectivity index (χ1) is 8.70. The van der Waals surface area contributed by atoms with E-state index in [1.807, 2.05) is 6.07 Å². The zero-order valence-corrected chi connectivity index (χ0v) is 9.60. The van der Waals surface area contributed by atoms with Gasteiger partial charge in [-0.2, -0.15) is 5.11 Å². The van der Waals surface area contributed by atoms with Gasteiger partial charge >= 0.3 is 0 Å². The Labute approximate surface area is 103 Å². The van der Waals surface area contributed by atoms with E-state index in [0.717, 1.165) is 12.1 Å². The summed E-state index contributed by atoms with van der Waals surface area (Å²) in [5.74, 6) is -1.53. The molecule has 2 aromatic carbocycles. The van der Waals surface area contributed by atoms with Crippen LogP contribution in [-0.2, 0) is 0 Å². The van der Waals surface area contributed by atoms with Crippen molar-refractivity contribution in [2.24, 2.45) is 10.2 Å². The molecule has 92 valence electrons. The van der Waals surface area contributed by atoms with Crippen LogP contribution in [0.25, 0.3) is 0 Å². The number of hydrogen-bond donors (Lipinski definition) is 0. The van der Waals surface area contributed by atoms with E-state index < -0.39 is 17.3 Å². The average molecular weight is 248 g/mol. The fraction of sp³-hybridized carbons (Fsp3) is 0.0769. The number of methoxy groups -OCH3 is 1. The summed E-state index contributed by atoms with van der Waals surface area (Å²) in [5, 5.41) is 7.33. The summed E-state index contributed by atoms with van der Waals surface area (Å²) in [6, 6.07) is 10.8. The largest absolute Gasteiger partial charge is 0.497 e. The molecule has 0 aromatic heterocycles. The van der Waals surface area contributed by atoms with Crippen LogP contribution >= 0.6 is 0 Å². The van der Waals surface area contributed by atoms with Crippen molar-refractivity contribution in [1.29, 1.82) is 0 Å². The Balaban J connectivity index is 2.32. The molecule has 18 heavy (non-hydrogen) atoms. The van der Waals surface area contributed by atoms with Gasteiger partial charge in [-0.05, 0) is 12.1 Å². The smallest absolute Gasteiger partial charge is 0.157 e. The molecular weight excluding hydrogens is 238 g/mol. The SMILES string of the molecule is COc1cc(F)c(N=Nc2ccccc2)c(F)c1. The minimum atomic E-state index is -0.813. The summed E-state index contributed by atoms with van der Waals surface area (Å²) in [6.45, 7) is 0. The van der Waals surface area contributed by atoms with Gasteiger partial charge in [0.1, 0.15) is 5.75 Å². The predicted octanol–water partition coefficient (Wildman–Crippen LogP) is 4.39. The molecule has 0 heterocycles. The molecule has 0 atom stereocenters. The van der Waals surface area contributed by atoms with Crippen molar-refractivity contribution in [1.82, 2.24) is 0 Å². The first kappa shape index (κ1) is 12.2. The Kier molecular flexibility index (Phi) is 3.62. The van der Waals surface area contributed by atoms with E-state index in [2.05, 4.69) is 10.2 Å². The summed E-state index contributed by atoms with van der Waals surface area (Å²) in [5.41, 5.74) is 0.0896. The molecule has 5 heteroatoms. The van der Waals surface area contributed by atoms with Crippen LogP contribution in [0.4, 0.5) is 20.2 Å². The Hall–Kier alpha value is -2.30. The van der Waals surface area contributed by atoms with Gasteiger partial charge in [0.15, 0.2) is 17.3 Å². The maximum Gasteiger partial charge on any atom is 0.157 e. The van der Waals surface area contributed by atoms with Gasteiger partial charge in [0.2, 0.25) is 0 Å². The number of benzene rings is 2. The minimum Gasteiger partial charge on any atom is -0.497 e. The van der Waals surface area contributed by atoms with Crippen LogP contribution in [0, 0.1) is 11.6 Å². The number of nitrogens with zero attached hydrogens (tertiary/aromatic N) is 2. The Bertz CT molecular complexity index is 547. The van der Waals surface area contributed by atoms with Crippen molar-refractivity contribution < 1.29 is 13.5 Å². The summed E-state index contributed by atoms with van der Waals surface area (Å²) in [7, 11) is 1.33. The summed E-state index contributed by atoms with van der Waals surface area (Å²) < 4.78 is 31.8. The van der Waals surface area contributed by atoms with Crippen LogP contribution in [-0.4, -0.2) is 7.11 Å². The summed E-state index contributed by atoms with van der Waals surface area (Å²) in [6.07, 6.45) is 0. The maximum atomic E-state index is 13.5. The molecule has 0 unspecified atom stereocenters. The Morgan fingerprint density at radius 2 is 1.56 bits per heavy atom. The van der Waals surface area contributed by atoms with Crippen molar-refractivity contribution >= 4 is 11.4 Å². The molecule has 2 aromatic rings. The zero-order valence-electron chi connectivity index (χ0n) is 9.60. The topological polar surface area (TPSA) is 34.0 Å². The van der Waals surface area contributed by atoms with E-state index in [1.165, 1.54) is 7.11 Å². The first-order valence-corrected chi connectivity index (χ1v) is 5.20. The predicted molar refractivity (Wildman–Crippen MR) is 63.5 cm³/mol. The van der Waals surface area contributed by atoms with E-state index in [0.29, 0.717) is 5.69 Å². The number of hydrogen-bond acceptors (Lipinski definition) is 3. The second-order valence-electron chi connectivity index (χ2n) is 3.48. The fourth-order valence-corrected chi connectivity index (χ4v) is 1.36. The van der Waals surface area contributed by atoms with Gasteiger partial charge in [0, 0.05) is 12.1 Å². The molecule has 2 rings (SSSR count). The van der Waals surface area contributed by atoms with Crippen LogP contribution in [0.2, 0.25) is 0 Å². The van der Waals surface area contributed by atoms with Crippen LogP contribution in [0.15, 0.2) is 52.7 Å². The summed E-state index contributed by atoms with van der Waals surface area (Å²) >= 11 is 0. The van der Waals surface area contributed by atoms with Crippen LogP contribution < -0.4 is 4.74 Å². The molecule has 0 N–H and O–H groups in total. The lowest BCUT2D eigenvalue weighted by Gasteiger charge is -2.02. The highest BCUT2D eigenvalue weighted by atomic mass is 19.1. The molecule has 0 saturated carbocycles. The van der Waals surface area contributed by atoms with Crippen LogP contribution in [0.1, 0.15) is 0 Å². The number of rotatable bonds is 3. The number of halogens is 2. The molecule has 0 fully saturated rings. The van der Waals surface area contributed by atoms with Crippen LogP contribution in [0.5, 0.6) is 5.75 Å². The molecular formula is C13H10F2N2O. The lowest BCUT2D eigenvalue weighted by Crippen LogP contribution is -1.88. The van der Waals surface area contributed by atoms with E-state index in [9.17, 15) is 8.78 Å². The lowest BCUT2D eigenvalue weighted by atomic mass is 10.3. The van der Waals surface area contributed by atoms with Gasteiger partial charge in [-0.15, -0.1) is 5.11 Å². The van der Waals surface area contributed by atoms with E-state index in [1.54, 1.807) is 24.3 Å². The number of ether oxygens (including phenoxy) is 1. The van der Waals surface area contributed by atoms with Gasteiger partial charge < -0.3 is 4.74 Å². The molecule has 0 aliphatic carbocycles. The maximum absolute atomic E-state index is 13.5. The first-order valence-electron chi connectivity index (χ1n) is 5.20. The summed E-state index contributed by atoms with van der Waals surface area (Å²) in [4.78, 5) is 0. The minimum absolute atomic E-state index is 0.101. The quantitative estimate of drug-likeness (QED) is 0.741. The van der Waals surface area contributed by atoms with Gasteiger partial charge in [0.05, 0.1) is 12.8 Å². The van der Waals surface area contributed by atoms with Crippen molar-refractivity contribution in [3.63, 3.8) is 0 Å². The molecule has 0 radical (unpaired) electrons. The highest BCUT2D eigenvalue weighted by molar-refractivity contribution is 5.45. The lowest BCUT2D eigenvalue weighted by molar-refractivity contribution is 0.407. The zero-order chi connectivity index (χ0) is 13.0. The molecule has 0 amide bonds. The molecule has 0 bridgehead atoms. The van der Waals surface area contributed by atoms with Crippen LogP contribution in [0.3, 0.4) is 0 Å². The monoisotopic (exact) mass is 248 g/mol. The molecule has 0 aliphatic rings.